The second-order valence-corrected chi connectivity index (χ2v) is 6.17. The lowest BCUT2D eigenvalue weighted by atomic mass is 10.1. The number of carbonyl (C=O) groups is 2. The molecule has 0 spiro atoms. The highest BCUT2D eigenvalue weighted by atomic mass is 32.2. The molecule has 1 heterocycles. The minimum atomic E-state index is -0.900. The van der Waals surface area contributed by atoms with Crippen molar-refractivity contribution in [2.24, 2.45) is 0 Å². The fourth-order valence-electron chi connectivity index (χ4n) is 1.88. The van der Waals surface area contributed by atoms with E-state index in [-0.39, 0.29) is 18.3 Å². The van der Waals surface area contributed by atoms with E-state index in [1.807, 2.05) is 32.0 Å². The minimum Gasteiger partial charge on any atom is -0.483 e. The third kappa shape index (κ3) is 5.58. The number of carboxylic acid groups (broad SMARTS) is 1. The molecular formula is C17H18N2O4S. The van der Waals surface area contributed by atoms with Gasteiger partial charge in [-0.05, 0) is 43.2 Å². The number of ether oxygens (including phenoxy) is 1. The number of nitrogens with one attached hydrogen (secondary N) is 1. The van der Waals surface area contributed by atoms with Crippen LogP contribution in [0.4, 0.5) is 5.69 Å². The molecule has 0 saturated heterocycles. The molecule has 2 rings (SSSR count). The maximum atomic E-state index is 11.9. The summed E-state index contributed by atoms with van der Waals surface area (Å²) >= 11 is 1.12. The SMILES string of the molecule is Cc1ccc(C)c(OCC(=O)Nc2ccc(SCC(=O)O)nc2)c1. The first-order valence-corrected chi connectivity index (χ1v) is 8.23. The zero-order chi connectivity index (χ0) is 17.5. The van der Waals surface area contributed by atoms with Gasteiger partial charge in [-0.15, -0.1) is 0 Å². The Morgan fingerprint density at radius 3 is 2.71 bits per heavy atom. The molecule has 0 saturated carbocycles. The van der Waals surface area contributed by atoms with Crippen LogP contribution in [-0.2, 0) is 9.59 Å². The number of nitrogens with zero attached hydrogens (tertiary/aromatic N) is 1. The summed E-state index contributed by atoms with van der Waals surface area (Å²) in [5, 5.41) is 11.9. The topological polar surface area (TPSA) is 88.5 Å². The first-order valence-electron chi connectivity index (χ1n) is 7.24. The second kappa shape index (κ2) is 8.35. The van der Waals surface area contributed by atoms with Crippen molar-refractivity contribution >= 4 is 29.3 Å². The molecule has 0 fully saturated rings. The Kier molecular flexibility index (Phi) is 6.20. The van der Waals surface area contributed by atoms with Crippen molar-refractivity contribution in [3.63, 3.8) is 0 Å². The number of benzene rings is 1. The Labute approximate surface area is 144 Å². The second-order valence-electron chi connectivity index (χ2n) is 5.17. The number of amides is 1. The van der Waals surface area contributed by atoms with Crippen molar-refractivity contribution in [3.8, 4) is 5.75 Å². The quantitative estimate of drug-likeness (QED) is 0.750. The summed E-state index contributed by atoms with van der Waals surface area (Å²) in [6, 6.07) is 9.15. The van der Waals surface area contributed by atoms with E-state index < -0.39 is 5.97 Å². The largest absolute Gasteiger partial charge is 0.483 e. The van der Waals surface area contributed by atoms with E-state index in [1.54, 1.807) is 12.1 Å². The minimum absolute atomic E-state index is 0.0532. The number of rotatable bonds is 7. The smallest absolute Gasteiger partial charge is 0.313 e. The molecule has 1 aromatic heterocycles. The van der Waals surface area contributed by atoms with E-state index in [2.05, 4.69) is 10.3 Å². The van der Waals surface area contributed by atoms with Crippen LogP contribution in [0, 0.1) is 13.8 Å². The summed E-state index contributed by atoms with van der Waals surface area (Å²) in [4.78, 5) is 26.5. The van der Waals surface area contributed by atoms with Crippen LogP contribution in [0.25, 0.3) is 0 Å². The van der Waals surface area contributed by atoms with Crippen molar-refractivity contribution in [2.75, 3.05) is 17.7 Å². The van der Waals surface area contributed by atoms with Gasteiger partial charge in [0.1, 0.15) is 5.75 Å². The van der Waals surface area contributed by atoms with Gasteiger partial charge in [-0.25, -0.2) is 4.98 Å². The van der Waals surface area contributed by atoms with Crippen molar-refractivity contribution in [3.05, 3.63) is 47.7 Å². The van der Waals surface area contributed by atoms with Gasteiger partial charge in [0.2, 0.25) is 0 Å². The fourth-order valence-corrected chi connectivity index (χ4v) is 2.44. The molecule has 2 aromatic rings. The predicted molar refractivity (Wildman–Crippen MR) is 92.6 cm³/mol. The van der Waals surface area contributed by atoms with Gasteiger partial charge in [0, 0.05) is 0 Å². The fraction of sp³-hybridized carbons (Fsp3) is 0.235. The lowest BCUT2D eigenvalue weighted by Crippen LogP contribution is -2.20. The van der Waals surface area contributed by atoms with Crippen LogP contribution in [0.15, 0.2) is 41.6 Å². The van der Waals surface area contributed by atoms with Gasteiger partial charge in [0.05, 0.1) is 22.7 Å². The van der Waals surface area contributed by atoms with Crippen molar-refractivity contribution in [1.82, 2.24) is 4.98 Å². The van der Waals surface area contributed by atoms with E-state index >= 15 is 0 Å². The van der Waals surface area contributed by atoms with Crippen molar-refractivity contribution in [2.45, 2.75) is 18.9 Å². The molecule has 2 N–H and O–H groups in total. The Hall–Kier alpha value is -2.54. The average molecular weight is 346 g/mol. The van der Waals surface area contributed by atoms with Crippen LogP contribution in [-0.4, -0.2) is 34.3 Å². The summed E-state index contributed by atoms with van der Waals surface area (Å²) < 4.78 is 5.54. The van der Waals surface area contributed by atoms with Crippen LogP contribution < -0.4 is 10.1 Å². The van der Waals surface area contributed by atoms with Gasteiger partial charge in [0.25, 0.3) is 5.91 Å². The van der Waals surface area contributed by atoms with Gasteiger partial charge >= 0.3 is 5.97 Å². The standard InChI is InChI=1S/C17H18N2O4S/c1-11-3-4-12(2)14(7-11)23-9-15(20)19-13-5-6-16(18-8-13)24-10-17(21)22/h3-8H,9-10H2,1-2H3,(H,19,20)(H,21,22). The maximum Gasteiger partial charge on any atom is 0.313 e. The van der Waals surface area contributed by atoms with Crippen molar-refractivity contribution in [1.29, 1.82) is 0 Å². The Morgan fingerprint density at radius 1 is 1.25 bits per heavy atom. The molecule has 7 heteroatoms. The van der Waals surface area contributed by atoms with Gasteiger partial charge in [-0.1, -0.05) is 23.9 Å². The third-order valence-electron chi connectivity index (χ3n) is 3.07. The number of aliphatic carboxylic acids is 1. The molecule has 1 aromatic carbocycles. The first kappa shape index (κ1) is 17.8. The summed E-state index contributed by atoms with van der Waals surface area (Å²) in [5.74, 6) is -0.558. The third-order valence-corrected chi connectivity index (χ3v) is 3.99. The lowest BCUT2D eigenvalue weighted by Gasteiger charge is -2.10. The summed E-state index contributed by atoms with van der Waals surface area (Å²) in [6.45, 7) is 3.78. The number of thioether (sulfide) groups is 1. The molecule has 0 aliphatic heterocycles. The predicted octanol–water partition coefficient (Wildman–Crippen LogP) is 2.89. The highest BCUT2D eigenvalue weighted by Crippen LogP contribution is 2.19. The zero-order valence-corrected chi connectivity index (χ0v) is 14.2. The van der Waals surface area contributed by atoms with E-state index in [9.17, 15) is 9.59 Å². The molecule has 0 aliphatic rings. The van der Waals surface area contributed by atoms with Crippen LogP contribution in [0.3, 0.4) is 0 Å². The molecule has 6 nitrogen and oxygen atoms in total. The Morgan fingerprint density at radius 2 is 2.04 bits per heavy atom. The molecule has 0 unspecified atom stereocenters. The summed E-state index contributed by atoms with van der Waals surface area (Å²) in [5.41, 5.74) is 2.56. The van der Waals surface area contributed by atoms with Gasteiger partial charge < -0.3 is 15.2 Å². The van der Waals surface area contributed by atoms with E-state index in [4.69, 9.17) is 9.84 Å². The number of pyridine rings is 1. The number of carboxylic acids is 1. The number of hydrogen-bond acceptors (Lipinski definition) is 5. The molecule has 24 heavy (non-hydrogen) atoms. The van der Waals surface area contributed by atoms with E-state index in [0.29, 0.717) is 16.5 Å². The van der Waals surface area contributed by atoms with Gasteiger partial charge in [0.15, 0.2) is 6.61 Å². The highest BCUT2D eigenvalue weighted by Gasteiger charge is 2.07. The molecule has 126 valence electrons. The number of hydrogen-bond donors (Lipinski definition) is 2. The maximum absolute atomic E-state index is 11.9. The monoisotopic (exact) mass is 346 g/mol. The number of anilines is 1. The van der Waals surface area contributed by atoms with E-state index in [0.717, 1.165) is 22.9 Å². The Balaban J connectivity index is 1.85. The molecule has 0 bridgehead atoms. The molecular weight excluding hydrogens is 328 g/mol. The Bertz CT molecular complexity index is 732. The van der Waals surface area contributed by atoms with Gasteiger partial charge in [-0.2, -0.15) is 0 Å². The molecule has 0 radical (unpaired) electrons. The average Bonchev–Trinajstić information content (AvgIpc) is 2.55. The zero-order valence-electron chi connectivity index (χ0n) is 13.4. The summed E-state index contributed by atoms with van der Waals surface area (Å²) in [6.07, 6.45) is 1.49. The van der Waals surface area contributed by atoms with E-state index in [1.165, 1.54) is 6.20 Å². The molecule has 0 atom stereocenters. The summed E-state index contributed by atoms with van der Waals surface area (Å²) in [7, 11) is 0. The number of aryl methyl sites for hydroxylation is 2. The lowest BCUT2D eigenvalue weighted by molar-refractivity contribution is -0.133. The first-order chi connectivity index (χ1) is 11.4. The van der Waals surface area contributed by atoms with Gasteiger partial charge in [-0.3, -0.25) is 9.59 Å². The van der Waals surface area contributed by atoms with Crippen molar-refractivity contribution < 1.29 is 19.4 Å². The molecule has 1 amide bonds. The molecule has 0 aliphatic carbocycles. The number of aromatic nitrogens is 1. The van der Waals surface area contributed by atoms with Crippen LogP contribution in [0.1, 0.15) is 11.1 Å². The van der Waals surface area contributed by atoms with Crippen LogP contribution in [0.2, 0.25) is 0 Å². The number of carbonyl (C=O) groups excluding carboxylic acids is 1. The van der Waals surface area contributed by atoms with Crippen LogP contribution in [0.5, 0.6) is 5.75 Å². The normalized spacial score (nSPS) is 10.2. The van der Waals surface area contributed by atoms with Crippen LogP contribution >= 0.6 is 11.8 Å². The highest BCUT2D eigenvalue weighted by molar-refractivity contribution is 7.99.